The fourth-order valence-corrected chi connectivity index (χ4v) is 1.72. The number of hydrogen-bond acceptors (Lipinski definition) is 2. The van der Waals surface area contributed by atoms with E-state index in [1.165, 1.54) is 0 Å². The molecule has 0 aromatic heterocycles. The quantitative estimate of drug-likeness (QED) is 0.599. The fraction of sp³-hybridized carbons (Fsp3) is 0.500. The molecular formula is C14H23N3O. The first kappa shape index (κ1) is 14.4. The van der Waals surface area contributed by atoms with Gasteiger partial charge in [-0.15, -0.1) is 0 Å². The summed E-state index contributed by atoms with van der Waals surface area (Å²) in [7, 11) is 1.69. The van der Waals surface area contributed by atoms with Crippen LogP contribution in [-0.4, -0.2) is 26.2 Å². The van der Waals surface area contributed by atoms with E-state index in [0.29, 0.717) is 12.5 Å². The maximum Gasteiger partial charge on any atom is 0.188 e. The molecule has 0 saturated heterocycles. The smallest absolute Gasteiger partial charge is 0.188 e. The summed E-state index contributed by atoms with van der Waals surface area (Å²) in [6.07, 6.45) is 1.04. The van der Waals surface area contributed by atoms with E-state index < -0.39 is 0 Å². The fourth-order valence-electron chi connectivity index (χ4n) is 1.72. The summed E-state index contributed by atoms with van der Waals surface area (Å²) in [5.74, 6) is 1.70. The molecule has 0 bridgehead atoms. The first-order valence-corrected chi connectivity index (χ1v) is 6.35. The number of guanidine groups is 1. The number of hydrogen-bond donors (Lipinski definition) is 2. The molecule has 1 unspecified atom stereocenters. The number of nitrogens with two attached hydrogens (primary N) is 1. The number of methoxy groups -OCH3 is 1. The molecule has 1 rings (SSSR count). The van der Waals surface area contributed by atoms with E-state index in [1.54, 1.807) is 7.11 Å². The lowest BCUT2D eigenvalue weighted by Crippen LogP contribution is -2.32. The van der Waals surface area contributed by atoms with Gasteiger partial charge in [0.05, 0.1) is 7.11 Å². The Bertz CT molecular complexity index is 390. The van der Waals surface area contributed by atoms with Crippen molar-refractivity contribution in [2.75, 3.05) is 20.2 Å². The summed E-state index contributed by atoms with van der Waals surface area (Å²) in [6, 6.07) is 8.01. The first-order valence-electron chi connectivity index (χ1n) is 6.35. The highest BCUT2D eigenvalue weighted by Gasteiger charge is 2.10. The van der Waals surface area contributed by atoms with Gasteiger partial charge in [-0.2, -0.15) is 0 Å². The van der Waals surface area contributed by atoms with Crippen LogP contribution < -0.4 is 15.8 Å². The number of ether oxygens (including phenoxy) is 1. The molecule has 0 fully saturated rings. The Morgan fingerprint density at radius 3 is 2.83 bits per heavy atom. The van der Waals surface area contributed by atoms with Gasteiger partial charge in [0.25, 0.3) is 0 Å². The highest BCUT2D eigenvalue weighted by molar-refractivity contribution is 5.77. The van der Waals surface area contributed by atoms with Crippen LogP contribution in [-0.2, 0) is 0 Å². The average Bonchev–Trinajstić information content (AvgIpc) is 2.42. The van der Waals surface area contributed by atoms with Crippen LogP contribution in [0.4, 0.5) is 0 Å². The Labute approximate surface area is 109 Å². The van der Waals surface area contributed by atoms with Gasteiger partial charge in [-0.25, -0.2) is 0 Å². The topological polar surface area (TPSA) is 59.6 Å². The van der Waals surface area contributed by atoms with Crippen LogP contribution in [0.3, 0.4) is 0 Å². The van der Waals surface area contributed by atoms with Crippen molar-refractivity contribution in [3.8, 4) is 5.75 Å². The Hall–Kier alpha value is -1.71. The number of nitrogens with one attached hydrogen (secondary N) is 1. The minimum atomic E-state index is 0.281. The molecule has 0 aliphatic rings. The summed E-state index contributed by atoms with van der Waals surface area (Å²) in [5, 5.41) is 3.06. The van der Waals surface area contributed by atoms with E-state index in [4.69, 9.17) is 10.5 Å². The predicted octanol–water partition coefficient (Wildman–Crippen LogP) is 2.11. The molecule has 0 aliphatic heterocycles. The van der Waals surface area contributed by atoms with E-state index in [1.807, 2.05) is 18.2 Å². The van der Waals surface area contributed by atoms with E-state index in [0.717, 1.165) is 24.3 Å². The molecular weight excluding hydrogens is 226 g/mol. The zero-order valence-corrected chi connectivity index (χ0v) is 11.4. The molecule has 18 heavy (non-hydrogen) atoms. The van der Waals surface area contributed by atoms with Gasteiger partial charge in [0, 0.05) is 19.0 Å². The van der Waals surface area contributed by atoms with E-state index >= 15 is 0 Å². The third kappa shape index (κ3) is 4.28. The highest BCUT2D eigenvalue weighted by atomic mass is 16.5. The maximum absolute atomic E-state index is 5.76. The normalized spacial score (nSPS) is 13.2. The van der Waals surface area contributed by atoms with Crippen molar-refractivity contribution in [2.45, 2.75) is 26.2 Å². The van der Waals surface area contributed by atoms with Gasteiger partial charge in [-0.05, 0) is 18.1 Å². The summed E-state index contributed by atoms with van der Waals surface area (Å²) in [4.78, 5) is 4.34. The molecule has 0 radical (unpaired) electrons. The van der Waals surface area contributed by atoms with E-state index in [9.17, 15) is 0 Å². The molecule has 0 aliphatic carbocycles. The van der Waals surface area contributed by atoms with Crippen LogP contribution in [0.2, 0.25) is 0 Å². The third-order valence-corrected chi connectivity index (χ3v) is 2.76. The molecule has 1 atom stereocenters. The molecule has 4 heteroatoms. The largest absolute Gasteiger partial charge is 0.496 e. The van der Waals surface area contributed by atoms with Crippen LogP contribution in [0.1, 0.15) is 31.7 Å². The van der Waals surface area contributed by atoms with Crippen molar-refractivity contribution in [3.63, 3.8) is 0 Å². The monoisotopic (exact) mass is 249 g/mol. The van der Waals surface area contributed by atoms with Crippen LogP contribution in [0.15, 0.2) is 29.3 Å². The number of para-hydroxylation sites is 1. The Morgan fingerprint density at radius 1 is 1.44 bits per heavy atom. The second-order valence-corrected chi connectivity index (χ2v) is 4.30. The Morgan fingerprint density at radius 2 is 2.17 bits per heavy atom. The molecule has 1 aromatic carbocycles. The average molecular weight is 249 g/mol. The van der Waals surface area contributed by atoms with Crippen LogP contribution >= 0.6 is 0 Å². The Kier molecular flexibility index (Phi) is 6.05. The van der Waals surface area contributed by atoms with Gasteiger partial charge < -0.3 is 15.8 Å². The lowest BCUT2D eigenvalue weighted by atomic mass is 10.0. The number of aliphatic imine (C=N–C) groups is 1. The SMILES string of the molecule is CCCNC(N)=NCC(C)c1ccccc1OC. The van der Waals surface area contributed by atoms with Gasteiger partial charge in [0.2, 0.25) is 0 Å². The molecule has 1 aromatic rings. The van der Waals surface area contributed by atoms with Crippen molar-refractivity contribution in [1.82, 2.24) is 5.32 Å². The van der Waals surface area contributed by atoms with Crippen molar-refractivity contribution < 1.29 is 4.74 Å². The van der Waals surface area contributed by atoms with Gasteiger partial charge in [0.15, 0.2) is 5.96 Å². The number of nitrogens with zero attached hydrogens (tertiary/aromatic N) is 1. The molecule has 100 valence electrons. The van der Waals surface area contributed by atoms with Crippen molar-refractivity contribution in [1.29, 1.82) is 0 Å². The van der Waals surface area contributed by atoms with Gasteiger partial charge in [0.1, 0.15) is 5.75 Å². The van der Waals surface area contributed by atoms with Crippen molar-refractivity contribution >= 4 is 5.96 Å². The maximum atomic E-state index is 5.76. The van der Waals surface area contributed by atoms with Crippen molar-refractivity contribution in [3.05, 3.63) is 29.8 Å². The van der Waals surface area contributed by atoms with Gasteiger partial charge >= 0.3 is 0 Å². The molecule has 0 spiro atoms. The molecule has 0 saturated carbocycles. The Balaban J connectivity index is 2.62. The number of rotatable bonds is 6. The van der Waals surface area contributed by atoms with Crippen LogP contribution in [0.25, 0.3) is 0 Å². The first-order chi connectivity index (χ1) is 8.69. The minimum absolute atomic E-state index is 0.281. The standard InChI is InChI=1S/C14H23N3O/c1-4-9-16-14(15)17-10-11(2)12-7-5-6-8-13(12)18-3/h5-8,11H,4,9-10H2,1-3H3,(H3,15,16,17). The van der Waals surface area contributed by atoms with Crippen LogP contribution in [0.5, 0.6) is 5.75 Å². The summed E-state index contributed by atoms with van der Waals surface area (Å²) >= 11 is 0. The van der Waals surface area contributed by atoms with Crippen molar-refractivity contribution in [2.24, 2.45) is 10.7 Å². The van der Waals surface area contributed by atoms with E-state index in [-0.39, 0.29) is 5.92 Å². The van der Waals surface area contributed by atoms with Crippen LogP contribution in [0, 0.1) is 0 Å². The van der Waals surface area contributed by atoms with Gasteiger partial charge in [-0.3, -0.25) is 4.99 Å². The highest BCUT2D eigenvalue weighted by Crippen LogP contribution is 2.26. The number of benzene rings is 1. The zero-order valence-electron chi connectivity index (χ0n) is 11.4. The molecule has 3 N–H and O–H groups in total. The lowest BCUT2D eigenvalue weighted by Gasteiger charge is -2.14. The molecule has 4 nitrogen and oxygen atoms in total. The molecule has 0 amide bonds. The second kappa shape index (κ2) is 7.58. The lowest BCUT2D eigenvalue weighted by molar-refractivity contribution is 0.407. The van der Waals surface area contributed by atoms with Gasteiger partial charge in [-0.1, -0.05) is 32.0 Å². The van der Waals surface area contributed by atoms with E-state index in [2.05, 4.69) is 30.2 Å². The summed E-state index contributed by atoms with van der Waals surface area (Å²) < 4.78 is 5.34. The zero-order chi connectivity index (χ0) is 13.4. The summed E-state index contributed by atoms with van der Waals surface area (Å²) in [6.45, 7) is 5.73. The summed E-state index contributed by atoms with van der Waals surface area (Å²) in [5.41, 5.74) is 6.92. The second-order valence-electron chi connectivity index (χ2n) is 4.30. The minimum Gasteiger partial charge on any atom is -0.496 e. The predicted molar refractivity (Wildman–Crippen MR) is 76.2 cm³/mol. The molecule has 0 heterocycles. The third-order valence-electron chi connectivity index (χ3n) is 2.76.